The Morgan fingerprint density at radius 3 is 2.42 bits per heavy atom. The van der Waals surface area contributed by atoms with Crippen LogP contribution in [0.4, 0.5) is 0 Å². The maximum atomic E-state index is 12.6. The summed E-state index contributed by atoms with van der Waals surface area (Å²) in [4.78, 5) is 24.6. The van der Waals surface area contributed by atoms with Crippen LogP contribution in [0.3, 0.4) is 0 Å². The summed E-state index contributed by atoms with van der Waals surface area (Å²) in [7, 11) is -3.95. The van der Waals surface area contributed by atoms with E-state index in [1.54, 1.807) is 36.4 Å². The summed E-state index contributed by atoms with van der Waals surface area (Å²) in [5, 5.41) is 0. The van der Waals surface area contributed by atoms with Crippen molar-refractivity contribution in [2.45, 2.75) is 29.8 Å². The van der Waals surface area contributed by atoms with Gasteiger partial charge in [0.15, 0.2) is 0 Å². The third-order valence-corrected chi connectivity index (χ3v) is 5.82. The molecule has 1 heterocycles. The first-order valence-electron chi connectivity index (χ1n) is 7.83. The van der Waals surface area contributed by atoms with Gasteiger partial charge in [-0.25, -0.2) is 8.42 Å². The Kier molecular flexibility index (Phi) is 5.13. The van der Waals surface area contributed by atoms with Crippen LogP contribution in [0.1, 0.15) is 21.5 Å². The Hall–Kier alpha value is -2.22. The van der Waals surface area contributed by atoms with E-state index < -0.39 is 33.4 Å². The summed E-state index contributed by atoms with van der Waals surface area (Å²) in [6, 6.07) is 11.6. The first-order chi connectivity index (χ1) is 12.3. The normalized spacial score (nSPS) is 20.7. The topological polar surface area (TPSA) is 89.5 Å². The zero-order valence-electron chi connectivity index (χ0n) is 13.8. The average molecular weight is 394 g/mol. The number of carbonyl (C=O) groups is 2. The molecular weight excluding hydrogens is 378 g/mol. The number of halogens is 1. The number of ether oxygens (including phenoxy) is 1. The highest BCUT2D eigenvalue weighted by Gasteiger charge is 2.34. The van der Waals surface area contributed by atoms with Gasteiger partial charge in [0, 0.05) is 12.0 Å². The molecule has 0 bridgehead atoms. The minimum Gasteiger partial charge on any atom is -0.437 e. The van der Waals surface area contributed by atoms with E-state index in [2.05, 4.69) is 4.72 Å². The molecule has 8 heteroatoms. The first-order valence-corrected chi connectivity index (χ1v) is 9.75. The lowest BCUT2D eigenvalue weighted by Crippen LogP contribution is -2.46. The number of rotatable bonds is 3. The van der Waals surface area contributed by atoms with Crippen molar-refractivity contribution in [3.63, 3.8) is 0 Å². The maximum Gasteiger partial charge on any atom is 0.326 e. The van der Waals surface area contributed by atoms with Gasteiger partial charge in [-0.1, -0.05) is 53.6 Å². The summed E-state index contributed by atoms with van der Waals surface area (Å²) in [6.45, 7) is 1.84. The predicted molar refractivity (Wildman–Crippen MR) is 95.5 cm³/mol. The van der Waals surface area contributed by atoms with E-state index >= 15 is 0 Å². The molecule has 0 radical (unpaired) electrons. The van der Waals surface area contributed by atoms with Gasteiger partial charge in [-0.05, 0) is 24.6 Å². The standard InChI is InChI=1S/C18H16ClNO5S/c1-11-6-8-13(9-7-11)26(23,24)20-15-10-12-4-2-3-5-14(12)16(21)17(19)25-18(15)22/h2-9,15,17,20H,10H2,1H3. The zero-order valence-corrected chi connectivity index (χ0v) is 15.4. The van der Waals surface area contributed by atoms with Crippen LogP contribution >= 0.6 is 11.6 Å². The number of carbonyl (C=O) groups excluding carboxylic acids is 2. The molecule has 1 N–H and O–H groups in total. The number of fused-ring (bicyclic) bond motifs is 1. The first kappa shape index (κ1) is 18.6. The van der Waals surface area contributed by atoms with Crippen molar-refractivity contribution < 1.29 is 22.7 Å². The molecule has 1 aliphatic rings. The lowest BCUT2D eigenvalue weighted by Gasteiger charge is -2.23. The van der Waals surface area contributed by atoms with Crippen LogP contribution in [-0.4, -0.2) is 31.8 Å². The molecule has 0 amide bonds. The Morgan fingerprint density at radius 2 is 1.73 bits per heavy atom. The molecule has 6 nitrogen and oxygen atoms in total. The highest BCUT2D eigenvalue weighted by molar-refractivity contribution is 7.89. The molecule has 0 spiro atoms. The minimum atomic E-state index is -3.95. The van der Waals surface area contributed by atoms with Crippen LogP contribution < -0.4 is 4.72 Å². The third kappa shape index (κ3) is 3.80. The molecule has 2 atom stereocenters. The third-order valence-electron chi connectivity index (χ3n) is 4.05. The monoisotopic (exact) mass is 393 g/mol. The number of aryl methyl sites for hydroxylation is 1. The number of ketones is 1. The van der Waals surface area contributed by atoms with Crippen molar-refractivity contribution in [3.05, 3.63) is 65.2 Å². The van der Waals surface area contributed by atoms with Crippen molar-refractivity contribution in [2.75, 3.05) is 0 Å². The molecular formula is C18H16ClNO5S. The van der Waals surface area contributed by atoms with E-state index in [4.69, 9.17) is 16.3 Å². The smallest absolute Gasteiger partial charge is 0.326 e. The summed E-state index contributed by atoms with van der Waals surface area (Å²) < 4.78 is 32.5. The predicted octanol–water partition coefficient (Wildman–Crippen LogP) is 2.19. The van der Waals surface area contributed by atoms with Gasteiger partial charge in [0.2, 0.25) is 21.4 Å². The Morgan fingerprint density at radius 1 is 1.08 bits per heavy atom. The summed E-state index contributed by atoms with van der Waals surface area (Å²) in [5.41, 5.74) is 0.234. The largest absolute Gasteiger partial charge is 0.437 e. The molecule has 3 rings (SSSR count). The molecule has 1 aliphatic heterocycles. The van der Waals surface area contributed by atoms with Gasteiger partial charge >= 0.3 is 5.97 Å². The summed E-state index contributed by atoms with van der Waals surface area (Å²) in [5.74, 6) is -1.43. The van der Waals surface area contributed by atoms with Crippen LogP contribution in [0, 0.1) is 6.92 Å². The lowest BCUT2D eigenvalue weighted by molar-refractivity contribution is -0.146. The number of hydrogen-bond donors (Lipinski definition) is 1. The maximum absolute atomic E-state index is 12.6. The van der Waals surface area contributed by atoms with Crippen LogP contribution in [0.25, 0.3) is 0 Å². The van der Waals surface area contributed by atoms with Crippen molar-refractivity contribution in [1.29, 1.82) is 0 Å². The van der Waals surface area contributed by atoms with E-state index in [0.29, 0.717) is 11.1 Å². The number of alkyl halides is 1. The van der Waals surface area contributed by atoms with Gasteiger partial charge in [-0.15, -0.1) is 0 Å². The van der Waals surface area contributed by atoms with Crippen molar-refractivity contribution in [3.8, 4) is 0 Å². The SMILES string of the molecule is Cc1ccc(S(=O)(=O)NC2Cc3ccccc3C(=O)C(Cl)OC2=O)cc1. The molecule has 0 fully saturated rings. The number of sulfonamides is 1. The summed E-state index contributed by atoms with van der Waals surface area (Å²) >= 11 is 5.87. The molecule has 0 saturated carbocycles. The van der Waals surface area contributed by atoms with E-state index in [-0.39, 0.29) is 11.3 Å². The highest BCUT2D eigenvalue weighted by atomic mass is 35.5. The number of cyclic esters (lactones) is 1. The van der Waals surface area contributed by atoms with Crippen molar-refractivity contribution >= 4 is 33.4 Å². The second kappa shape index (κ2) is 7.19. The molecule has 0 aromatic heterocycles. The summed E-state index contributed by atoms with van der Waals surface area (Å²) in [6.07, 6.45) is -0.0184. The Labute approximate surface area is 156 Å². The number of Topliss-reactive ketones (excluding diaryl/α,β-unsaturated/α-hetero) is 1. The van der Waals surface area contributed by atoms with Crippen molar-refractivity contribution in [2.24, 2.45) is 0 Å². The highest BCUT2D eigenvalue weighted by Crippen LogP contribution is 2.22. The second-order valence-electron chi connectivity index (χ2n) is 5.97. The van der Waals surface area contributed by atoms with E-state index in [1.165, 1.54) is 12.1 Å². The van der Waals surface area contributed by atoms with Crippen LogP contribution in [0.2, 0.25) is 0 Å². The lowest BCUT2D eigenvalue weighted by atomic mass is 9.97. The fourth-order valence-electron chi connectivity index (χ4n) is 2.66. The quantitative estimate of drug-likeness (QED) is 0.637. The van der Waals surface area contributed by atoms with Gasteiger partial charge in [0.05, 0.1) is 4.90 Å². The van der Waals surface area contributed by atoms with Crippen LogP contribution in [0.5, 0.6) is 0 Å². The zero-order chi connectivity index (χ0) is 18.9. The fraction of sp³-hybridized carbons (Fsp3) is 0.222. The number of esters is 1. The number of hydrogen-bond acceptors (Lipinski definition) is 5. The van der Waals surface area contributed by atoms with Gasteiger partial charge < -0.3 is 4.74 Å². The van der Waals surface area contributed by atoms with Crippen molar-refractivity contribution in [1.82, 2.24) is 4.72 Å². The second-order valence-corrected chi connectivity index (χ2v) is 8.08. The molecule has 0 aliphatic carbocycles. The molecule has 26 heavy (non-hydrogen) atoms. The van der Waals surface area contributed by atoms with Crippen LogP contribution in [-0.2, 0) is 26.0 Å². The fourth-order valence-corrected chi connectivity index (χ4v) is 4.05. The number of nitrogens with one attached hydrogen (secondary N) is 1. The van der Waals surface area contributed by atoms with E-state index in [9.17, 15) is 18.0 Å². The average Bonchev–Trinajstić information content (AvgIpc) is 2.60. The molecule has 2 unspecified atom stereocenters. The Balaban J connectivity index is 1.94. The van der Waals surface area contributed by atoms with Gasteiger partial charge in [-0.3, -0.25) is 9.59 Å². The molecule has 0 saturated heterocycles. The van der Waals surface area contributed by atoms with Crippen LogP contribution in [0.15, 0.2) is 53.4 Å². The van der Waals surface area contributed by atoms with Gasteiger partial charge in [0.25, 0.3) is 0 Å². The molecule has 136 valence electrons. The minimum absolute atomic E-state index is 0.0184. The van der Waals surface area contributed by atoms with E-state index in [1.807, 2.05) is 6.92 Å². The number of benzene rings is 2. The molecule has 2 aromatic carbocycles. The molecule has 2 aromatic rings. The van der Waals surface area contributed by atoms with Gasteiger partial charge in [0.1, 0.15) is 6.04 Å². The Bertz CT molecular complexity index is 956. The van der Waals surface area contributed by atoms with Gasteiger partial charge in [-0.2, -0.15) is 4.72 Å². The van der Waals surface area contributed by atoms with E-state index in [0.717, 1.165) is 5.56 Å².